The number of phenolic OH excluding ortho intramolecular Hbond substituents is 1. The third-order valence-electron chi connectivity index (χ3n) is 15.2. The number of rotatable bonds is 9. The first-order valence-corrected chi connectivity index (χ1v) is 28.5. The summed E-state index contributed by atoms with van der Waals surface area (Å²) in [5, 5.41) is 23.4. The van der Waals surface area contributed by atoms with E-state index in [9.17, 15) is 5.11 Å². The number of thiophene rings is 1. The molecule has 10 rings (SSSR count). The van der Waals surface area contributed by atoms with Gasteiger partial charge in [0.2, 0.25) is 0 Å². The first kappa shape index (κ1) is 57.7. The van der Waals surface area contributed by atoms with E-state index in [-0.39, 0.29) is 53.9 Å². The largest absolute Gasteiger partial charge is 0.507 e. The Morgan fingerprint density at radius 2 is 1.01 bits per heavy atom. The molecule has 0 aliphatic rings. The molecule has 0 amide bonds. The number of nitrogens with zero attached hydrogens (tertiary/aromatic N) is 4. The van der Waals surface area contributed by atoms with Gasteiger partial charge in [0, 0.05) is 53.0 Å². The fraction of sp³-hybridized carbons (Fsp3) is 0.274. The fourth-order valence-electron chi connectivity index (χ4n) is 10.3. The van der Waals surface area contributed by atoms with E-state index in [2.05, 4.69) is 290 Å². The average Bonchev–Trinajstić information content (AvgIpc) is 3.92. The Bertz CT molecular complexity index is 3830. The number of hydrogen-bond donors (Lipinski definition) is 1. The molecule has 3 aromatic heterocycles. The summed E-state index contributed by atoms with van der Waals surface area (Å²) in [5.74, 6) is 0.901. The quantitative estimate of drug-likeness (QED) is 0.146. The van der Waals surface area contributed by atoms with Gasteiger partial charge >= 0.3 is 0 Å². The van der Waals surface area contributed by atoms with E-state index in [0.717, 1.165) is 87.7 Å². The van der Waals surface area contributed by atoms with E-state index in [1.165, 1.54) is 16.7 Å². The van der Waals surface area contributed by atoms with Crippen molar-refractivity contribution in [2.24, 2.45) is 0 Å². The molecule has 10 aromatic rings. The van der Waals surface area contributed by atoms with Gasteiger partial charge in [0.25, 0.3) is 0 Å². The van der Waals surface area contributed by atoms with Crippen molar-refractivity contribution < 1.29 is 26.2 Å². The molecule has 0 aliphatic heterocycles. The van der Waals surface area contributed by atoms with Gasteiger partial charge in [-0.25, -0.2) is 10.1 Å². The zero-order chi connectivity index (χ0) is 56.4. The minimum absolute atomic E-state index is 0. The molecular formula is C73H75N4OPtS-. The third kappa shape index (κ3) is 12.0. The van der Waals surface area contributed by atoms with Crippen LogP contribution in [-0.2, 0) is 48.1 Å². The molecule has 0 bridgehead atoms. The van der Waals surface area contributed by atoms with Crippen LogP contribution in [0.3, 0.4) is 0 Å². The number of phenols is 1. The van der Waals surface area contributed by atoms with Crippen LogP contribution in [0.5, 0.6) is 5.75 Å². The molecular weight excluding hydrogens is 1180 g/mol. The van der Waals surface area contributed by atoms with E-state index in [1.807, 2.05) is 6.20 Å². The van der Waals surface area contributed by atoms with Crippen LogP contribution in [0.1, 0.15) is 132 Å². The smallest absolute Gasteiger partial charge is 0.137 e. The number of benzene rings is 7. The molecule has 0 atom stereocenters. The normalized spacial score (nSPS) is 12.4. The molecule has 0 saturated carbocycles. The standard InChI is InChI=1S/C73H75N4OS.Pt/c1-69(2,3)53-32-30-48(31-33-53)64-44-60-65(79-64)45-74-76-67(60)52-34-49(46-24-18-16-19-25-46)37-57(38-52)77(63-29-23-22-28-58(63)47-26-20-17-21-27-47)66-40-51(50-35-54(70(4,5)6)41-55(36-50)71(7,8)9)39-62(75-66)59-42-56(72(10,11)12)43-61(68(59)78)73(13,14)15;/h16-37,39-45,78H,1-15H3;/q-1;. The van der Waals surface area contributed by atoms with Gasteiger partial charge in [0.05, 0.1) is 17.6 Å². The number of hydrogen-bond acceptors (Lipinski definition) is 6. The van der Waals surface area contributed by atoms with Crippen molar-refractivity contribution in [2.45, 2.75) is 131 Å². The third-order valence-corrected chi connectivity index (χ3v) is 16.3. The Morgan fingerprint density at radius 3 is 1.61 bits per heavy atom. The number of para-hydroxylation sites is 1. The number of aromatic nitrogens is 3. The van der Waals surface area contributed by atoms with Crippen LogP contribution in [0.2, 0.25) is 0 Å². The van der Waals surface area contributed by atoms with Crippen LogP contribution in [-0.4, -0.2) is 20.3 Å². The van der Waals surface area contributed by atoms with E-state index in [0.29, 0.717) is 17.1 Å². The van der Waals surface area contributed by atoms with Gasteiger partial charge in [-0.3, -0.25) is 0 Å². The Balaban J connectivity index is 0.00000774. The summed E-state index contributed by atoms with van der Waals surface area (Å²) >= 11 is 1.73. The monoisotopic (exact) mass is 1250 g/mol. The molecule has 0 saturated heterocycles. The van der Waals surface area contributed by atoms with E-state index >= 15 is 0 Å². The predicted molar refractivity (Wildman–Crippen MR) is 337 cm³/mol. The summed E-state index contributed by atoms with van der Waals surface area (Å²) in [6.07, 6.45) is 1.88. The summed E-state index contributed by atoms with van der Waals surface area (Å²) in [4.78, 5) is 9.21. The molecule has 0 aliphatic carbocycles. The summed E-state index contributed by atoms with van der Waals surface area (Å²) < 4.78 is 1.05. The Morgan fingerprint density at radius 1 is 0.463 bits per heavy atom. The average molecular weight is 1250 g/mol. The van der Waals surface area contributed by atoms with Crippen LogP contribution in [0.25, 0.3) is 76.4 Å². The second kappa shape index (κ2) is 21.8. The molecule has 0 unspecified atom stereocenters. The van der Waals surface area contributed by atoms with Crippen molar-refractivity contribution in [3.63, 3.8) is 0 Å². The van der Waals surface area contributed by atoms with Crippen molar-refractivity contribution in [3.05, 3.63) is 210 Å². The maximum absolute atomic E-state index is 12.7. The van der Waals surface area contributed by atoms with Crippen molar-refractivity contribution in [1.29, 1.82) is 0 Å². The van der Waals surface area contributed by atoms with Crippen molar-refractivity contribution in [3.8, 4) is 72.1 Å². The van der Waals surface area contributed by atoms with Gasteiger partial charge in [0.1, 0.15) is 11.6 Å². The second-order valence-electron chi connectivity index (χ2n) is 26.5. The van der Waals surface area contributed by atoms with Crippen molar-refractivity contribution in [1.82, 2.24) is 15.2 Å². The second-order valence-corrected chi connectivity index (χ2v) is 27.6. The molecule has 0 spiro atoms. The van der Waals surface area contributed by atoms with Crippen molar-refractivity contribution >= 4 is 38.6 Å². The zero-order valence-corrected chi connectivity index (χ0v) is 52.3. The predicted octanol–water partition coefficient (Wildman–Crippen LogP) is 20.5. The Kier molecular flexibility index (Phi) is 15.7. The first-order valence-electron chi connectivity index (χ1n) is 27.7. The first-order chi connectivity index (χ1) is 37.2. The van der Waals surface area contributed by atoms with Gasteiger partial charge in [-0.15, -0.1) is 35.1 Å². The Labute approximate surface area is 494 Å². The molecule has 0 radical (unpaired) electrons. The maximum Gasteiger partial charge on any atom is 0.137 e. The van der Waals surface area contributed by atoms with Crippen molar-refractivity contribution in [2.75, 3.05) is 4.90 Å². The minimum atomic E-state index is -0.362. The van der Waals surface area contributed by atoms with Crippen LogP contribution < -0.4 is 4.90 Å². The van der Waals surface area contributed by atoms with Gasteiger partial charge in [-0.05, 0) is 119 Å². The maximum atomic E-state index is 12.7. The SMILES string of the molecule is CC(C)(C)c1ccc(-c2cc3c(-c4[c-]c(N(c5cc(-c6cc(C(C)(C)C)cc(C(C)(C)C)c6)cc(-c6cc(C(C)(C)C)cc(C(C)(C)C)c6O)n5)c5ccccc5-c5ccccc5)cc(-c5ccccc5)c4)nncc3s2)cc1.[Pt]. The molecule has 7 heteroatoms. The van der Waals surface area contributed by atoms with Gasteiger partial charge < -0.3 is 10.0 Å². The molecule has 7 aromatic carbocycles. The zero-order valence-electron chi connectivity index (χ0n) is 49.2. The number of anilines is 3. The van der Waals surface area contributed by atoms with Crippen LogP contribution in [0.4, 0.5) is 17.2 Å². The fourth-order valence-corrected chi connectivity index (χ4v) is 11.3. The molecule has 1 N–H and O–H groups in total. The van der Waals surface area contributed by atoms with E-state index in [4.69, 9.17) is 10.1 Å². The Hall–Kier alpha value is -6.98. The van der Waals surface area contributed by atoms with Gasteiger partial charge in [0.15, 0.2) is 0 Å². The number of fused-ring (bicyclic) bond motifs is 1. The molecule has 5 nitrogen and oxygen atoms in total. The van der Waals surface area contributed by atoms with Crippen LogP contribution in [0.15, 0.2) is 176 Å². The van der Waals surface area contributed by atoms with Crippen LogP contribution in [0, 0.1) is 6.07 Å². The minimum Gasteiger partial charge on any atom is -0.507 e. The molecule has 0 fully saturated rings. The topological polar surface area (TPSA) is 62.1 Å². The number of pyridine rings is 1. The van der Waals surface area contributed by atoms with Gasteiger partial charge in [-0.2, -0.15) is 5.10 Å². The molecule has 3 heterocycles. The van der Waals surface area contributed by atoms with Gasteiger partial charge in [-0.1, -0.05) is 237 Å². The summed E-state index contributed by atoms with van der Waals surface area (Å²) in [6, 6.07) is 65.2. The van der Waals surface area contributed by atoms with E-state index < -0.39 is 0 Å². The summed E-state index contributed by atoms with van der Waals surface area (Å²) in [6.45, 7) is 33.7. The number of aromatic hydroxyl groups is 1. The molecule has 410 valence electrons. The van der Waals surface area contributed by atoms with Crippen LogP contribution >= 0.6 is 11.3 Å². The van der Waals surface area contributed by atoms with E-state index in [1.54, 1.807) is 11.3 Å². The summed E-state index contributed by atoms with van der Waals surface area (Å²) in [7, 11) is 0. The molecule has 80 heavy (non-hydrogen) atoms. The summed E-state index contributed by atoms with van der Waals surface area (Å²) in [5.41, 5.74) is 16.9.